The van der Waals surface area contributed by atoms with Crippen molar-refractivity contribution in [1.82, 2.24) is 4.90 Å². The van der Waals surface area contributed by atoms with Crippen LogP contribution in [0, 0.1) is 16.5 Å². The van der Waals surface area contributed by atoms with E-state index in [0.29, 0.717) is 30.0 Å². The van der Waals surface area contributed by atoms with E-state index in [1.54, 1.807) is 24.8 Å². The van der Waals surface area contributed by atoms with Crippen molar-refractivity contribution in [1.29, 1.82) is 0 Å². The highest BCUT2D eigenvalue weighted by Crippen LogP contribution is 2.69. The molecule has 1 aromatic carbocycles. The zero-order valence-electron chi connectivity index (χ0n) is 21.2. The second-order valence-electron chi connectivity index (χ2n) is 12.8. The molecule has 3 saturated heterocycles. The van der Waals surface area contributed by atoms with Gasteiger partial charge in [0.15, 0.2) is 5.78 Å². The van der Waals surface area contributed by atoms with Crippen molar-refractivity contribution in [2.45, 2.75) is 81.4 Å². The second kappa shape index (κ2) is 6.48. The number of aliphatic hydroxyl groups excluding tert-OH is 1. The standard InChI is InChI=1S/C26H33N3O7/c1-23(2)16-8-13-20-15(36-20)9-27(13)11-25(16,29(33)34)10-26(23)12-6-7-14(35-5)17-18(12)28(22(26)32)24(3,4)21(31)19(17)30/h6-7,13,15-16,20-21,29,31,33H,8-11H2,1-5H3. The molecule has 0 aromatic heterocycles. The fraction of sp³-hybridized carbons (Fsp3) is 0.692. The molecule has 1 amide bonds. The molecule has 1 saturated carbocycles. The number of carbonyl (C=O) groups is 2. The van der Waals surface area contributed by atoms with Gasteiger partial charge in [-0.05, 0) is 37.3 Å². The van der Waals surface area contributed by atoms with Gasteiger partial charge in [-0.1, -0.05) is 19.9 Å². The van der Waals surface area contributed by atoms with Gasteiger partial charge in [-0.3, -0.25) is 14.5 Å². The van der Waals surface area contributed by atoms with Gasteiger partial charge in [0.05, 0.1) is 42.0 Å². The molecule has 4 fully saturated rings. The zero-order valence-corrected chi connectivity index (χ0v) is 21.2. The Balaban J connectivity index is 1.48. The average Bonchev–Trinajstić information content (AvgIpc) is 3.34. The minimum absolute atomic E-state index is 0.150. The van der Waals surface area contributed by atoms with Crippen molar-refractivity contribution < 1.29 is 34.6 Å². The maximum Gasteiger partial charge on any atom is 0.239 e. The van der Waals surface area contributed by atoms with Crippen LogP contribution in [-0.2, 0) is 14.9 Å². The number of hydrogen-bond donors (Lipinski definition) is 3. The number of amides is 1. The first-order valence-corrected chi connectivity index (χ1v) is 12.8. The summed E-state index contributed by atoms with van der Waals surface area (Å²) in [6.45, 7) is 8.56. The molecule has 1 aromatic rings. The van der Waals surface area contributed by atoms with E-state index in [0.717, 1.165) is 6.54 Å². The van der Waals surface area contributed by atoms with Crippen molar-refractivity contribution in [3.05, 3.63) is 28.5 Å². The van der Waals surface area contributed by atoms with Crippen LogP contribution in [0.2, 0.25) is 0 Å². The van der Waals surface area contributed by atoms with Crippen molar-refractivity contribution in [2.75, 3.05) is 25.1 Å². The van der Waals surface area contributed by atoms with Crippen LogP contribution in [0.3, 0.4) is 0 Å². The fourth-order valence-electron chi connectivity index (χ4n) is 8.96. The number of benzene rings is 1. The summed E-state index contributed by atoms with van der Waals surface area (Å²) < 4.78 is 11.3. The third-order valence-corrected chi connectivity index (χ3v) is 10.8. The zero-order chi connectivity index (χ0) is 25.7. The number of quaternary nitrogens is 1. The minimum Gasteiger partial charge on any atom is -0.600 e. The molecule has 1 aliphatic carbocycles. The molecular weight excluding hydrogens is 466 g/mol. The predicted octanol–water partition coefficient (Wildman–Crippen LogP) is 0.0275. The monoisotopic (exact) mass is 499 g/mol. The number of methoxy groups -OCH3 is 1. The number of nitrogens with zero attached hydrogens (tertiary/aromatic N) is 2. The molecule has 8 atom stereocenters. The summed E-state index contributed by atoms with van der Waals surface area (Å²) in [5.74, 6) is -0.668. The lowest BCUT2D eigenvalue weighted by Crippen LogP contribution is -3.16. The first-order chi connectivity index (χ1) is 16.8. The Hall–Kier alpha value is -2.08. The van der Waals surface area contributed by atoms with Crippen LogP contribution in [0.15, 0.2) is 12.1 Å². The van der Waals surface area contributed by atoms with Crippen molar-refractivity contribution in [2.24, 2.45) is 11.3 Å². The predicted molar refractivity (Wildman–Crippen MR) is 126 cm³/mol. The van der Waals surface area contributed by atoms with Gasteiger partial charge >= 0.3 is 0 Å². The Morgan fingerprint density at radius 3 is 2.61 bits per heavy atom. The van der Waals surface area contributed by atoms with Gasteiger partial charge in [0, 0.05) is 24.9 Å². The summed E-state index contributed by atoms with van der Waals surface area (Å²) in [4.78, 5) is 32.0. The Kier molecular flexibility index (Phi) is 4.16. The molecule has 5 heterocycles. The molecule has 6 aliphatic rings. The number of aliphatic hydroxyl groups is 1. The Morgan fingerprint density at radius 2 is 1.94 bits per heavy atom. The van der Waals surface area contributed by atoms with Crippen molar-refractivity contribution in [3.8, 4) is 5.75 Å². The topological polar surface area (TPSA) is 130 Å². The molecule has 0 radical (unpaired) electrons. The van der Waals surface area contributed by atoms with Gasteiger partial charge in [0.1, 0.15) is 23.5 Å². The number of morpholine rings is 1. The van der Waals surface area contributed by atoms with E-state index < -0.39 is 39.0 Å². The largest absolute Gasteiger partial charge is 0.600 e. The number of nitrogens with one attached hydrogen (secondary N) is 1. The number of rotatable bonds is 2. The van der Waals surface area contributed by atoms with Crippen LogP contribution >= 0.6 is 0 Å². The molecule has 10 nitrogen and oxygen atoms in total. The summed E-state index contributed by atoms with van der Waals surface area (Å²) in [5, 5.41) is 34.1. The number of epoxide rings is 1. The van der Waals surface area contributed by atoms with Gasteiger partial charge in [-0.2, -0.15) is 0 Å². The number of piperidine rings is 1. The number of hydroxylamine groups is 2. The van der Waals surface area contributed by atoms with Gasteiger partial charge < -0.3 is 24.7 Å². The molecule has 3 N–H and O–H groups in total. The lowest BCUT2D eigenvalue weighted by Gasteiger charge is -2.51. The highest BCUT2D eigenvalue weighted by molar-refractivity contribution is 6.21. The average molecular weight is 500 g/mol. The summed E-state index contributed by atoms with van der Waals surface area (Å²) in [7, 11) is 1.46. The summed E-state index contributed by atoms with van der Waals surface area (Å²) in [5.41, 5.74) is -2.84. The molecule has 36 heavy (non-hydrogen) atoms. The Morgan fingerprint density at radius 1 is 1.22 bits per heavy atom. The first-order valence-electron chi connectivity index (χ1n) is 12.8. The van der Waals surface area contributed by atoms with Crippen LogP contribution in [0.5, 0.6) is 5.75 Å². The van der Waals surface area contributed by atoms with E-state index in [1.165, 1.54) is 7.11 Å². The van der Waals surface area contributed by atoms with Crippen LogP contribution in [0.1, 0.15) is 56.5 Å². The molecule has 7 rings (SSSR count). The van der Waals surface area contributed by atoms with Crippen LogP contribution in [0.4, 0.5) is 5.69 Å². The highest BCUT2D eigenvalue weighted by atomic mass is 16.8. The minimum atomic E-state index is -1.43. The van der Waals surface area contributed by atoms with Gasteiger partial charge in [0.2, 0.25) is 5.91 Å². The molecule has 1 spiro atoms. The molecule has 194 valence electrons. The lowest BCUT2D eigenvalue weighted by atomic mass is 9.60. The van der Waals surface area contributed by atoms with Crippen LogP contribution in [0.25, 0.3) is 0 Å². The third kappa shape index (κ3) is 2.23. The maximum atomic E-state index is 14.7. The van der Waals surface area contributed by atoms with E-state index >= 15 is 0 Å². The SMILES string of the molecule is COc1ccc2c3c1C(=O)C(O)C(C)(C)N3C(=O)C21CC2([NH+]([O-])O)CN3CC4OC4C3CC2C1(C)C. The third-order valence-electron chi connectivity index (χ3n) is 10.8. The normalized spacial score (nSPS) is 43.8. The van der Waals surface area contributed by atoms with Gasteiger partial charge in [0.25, 0.3) is 0 Å². The number of ether oxygens (including phenoxy) is 2. The van der Waals surface area contributed by atoms with E-state index in [2.05, 4.69) is 4.90 Å². The quantitative estimate of drug-likeness (QED) is 0.384. The molecule has 10 heteroatoms. The fourth-order valence-corrected chi connectivity index (χ4v) is 8.96. The number of Topliss-reactive ketones (excluding diaryl/α,β-unsaturated/α-hetero) is 1. The number of hydrogen-bond acceptors (Lipinski definition) is 8. The first kappa shape index (κ1) is 23.1. The maximum absolute atomic E-state index is 14.7. The molecule has 0 bridgehead atoms. The lowest BCUT2D eigenvalue weighted by molar-refractivity contribution is -1.09. The number of ketones is 1. The van der Waals surface area contributed by atoms with Crippen molar-refractivity contribution >= 4 is 17.4 Å². The van der Waals surface area contributed by atoms with Gasteiger partial charge in [-0.25, -0.2) is 10.4 Å². The van der Waals surface area contributed by atoms with Crippen LogP contribution in [-0.4, -0.2) is 82.5 Å². The van der Waals surface area contributed by atoms with Crippen molar-refractivity contribution in [3.63, 3.8) is 0 Å². The highest BCUT2D eigenvalue weighted by Gasteiger charge is 2.79. The molecule has 5 aliphatic heterocycles. The number of carbonyl (C=O) groups excluding carboxylic acids is 2. The second-order valence-corrected chi connectivity index (χ2v) is 12.8. The van der Waals surface area contributed by atoms with E-state index in [1.807, 2.05) is 19.9 Å². The summed E-state index contributed by atoms with van der Waals surface area (Å²) in [6.07, 6.45) is -0.280. The summed E-state index contributed by atoms with van der Waals surface area (Å²) in [6, 6.07) is 3.69. The van der Waals surface area contributed by atoms with E-state index in [-0.39, 0.29) is 42.1 Å². The Labute approximate surface area is 209 Å². The number of fused-ring (bicyclic) bond motifs is 5. The molecule has 8 unspecified atom stereocenters. The number of anilines is 1. The van der Waals surface area contributed by atoms with Gasteiger partial charge in [-0.15, -0.1) is 0 Å². The summed E-state index contributed by atoms with van der Waals surface area (Å²) >= 11 is 0. The van der Waals surface area contributed by atoms with E-state index in [4.69, 9.17) is 9.47 Å². The smallest absolute Gasteiger partial charge is 0.239 e. The Bertz CT molecular complexity index is 1230. The molecular formula is C26H33N3O7. The van der Waals surface area contributed by atoms with E-state index in [9.17, 15) is 25.1 Å². The van der Waals surface area contributed by atoms with Crippen LogP contribution < -0.4 is 14.9 Å².